The number of hydrogen-bond acceptors (Lipinski definition) is 2. The van der Waals surface area contributed by atoms with E-state index in [0.29, 0.717) is 6.54 Å². The van der Waals surface area contributed by atoms with E-state index in [-0.39, 0.29) is 5.41 Å². The van der Waals surface area contributed by atoms with E-state index < -0.39 is 0 Å². The summed E-state index contributed by atoms with van der Waals surface area (Å²) in [4.78, 5) is 2.48. The smallest absolute Gasteiger partial charge is 0.0237 e. The second-order valence-corrected chi connectivity index (χ2v) is 7.54. The second-order valence-electron chi connectivity index (χ2n) is 6.63. The van der Waals surface area contributed by atoms with E-state index in [1.807, 2.05) is 0 Å². The van der Waals surface area contributed by atoms with Crippen LogP contribution >= 0.6 is 15.9 Å². The normalized spacial score (nSPS) is 11.9. The highest BCUT2D eigenvalue weighted by Gasteiger charge is 2.20. The lowest BCUT2D eigenvalue weighted by Gasteiger charge is -2.32. The van der Waals surface area contributed by atoms with Gasteiger partial charge in [-0.1, -0.05) is 72.2 Å². The topological polar surface area (TPSA) is 29.3 Å². The Morgan fingerprint density at radius 2 is 1.59 bits per heavy atom. The molecule has 0 aliphatic rings. The van der Waals surface area contributed by atoms with Gasteiger partial charge in [-0.15, -0.1) is 0 Å². The summed E-state index contributed by atoms with van der Waals surface area (Å²) in [6.45, 7) is 7.99. The molecule has 0 radical (unpaired) electrons. The molecule has 0 aliphatic heterocycles. The van der Waals surface area contributed by atoms with Gasteiger partial charge in [-0.05, 0) is 35.2 Å². The van der Waals surface area contributed by atoms with Gasteiger partial charge in [-0.2, -0.15) is 0 Å². The predicted molar refractivity (Wildman–Crippen MR) is 97.5 cm³/mol. The molecule has 0 heterocycles. The summed E-state index contributed by atoms with van der Waals surface area (Å²) in [7, 11) is 0. The van der Waals surface area contributed by atoms with Crippen LogP contribution in [0.15, 0.2) is 59.1 Å². The van der Waals surface area contributed by atoms with Crippen LogP contribution < -0.4 is 5.73 Å². The molecular weight excluding hydrogens is 336 g/mol. The third kappa shape index (κ3) is 5.56. The fourth-order valence-electron chi connectivity index (χ4n) is 2.57. The SMILES string of the molecule is CC(C)(CN)CN(Cc1ccccc1)Cc1cccc(Br)c1. The van der Waals surface area contributed by atoms with Crippen LogP contribution in [0.3, 0.4) is 0 Å². The minimum absolute atomic E-state index is 0.112. The molecule has 0 unspecified atom stereocenters. The first-order chi connectivity index (χ1) is 10.5. The van der Waals surface area contributed by atoms with Crippen LogP contribution in [0.1, 0.15) is 25.0 Å². The van der Waals surface area contributed by atoms with Gasteiger partial charge in [0, 0.05) is 24.1 Å². The first-order valence-corrected chi connectivity index (χ1v) is 8.49. The number of rotatable bonds is 7. The molecular formula is C19H25BrN2. The van der Waals surface area contributed by atoms with E-state index in [0.717, 1.165) is 24.1 Å². The van der Waals surface area contributed by atoms with E-state index >= 15 is 0 Å². The van der Waals surface area contributed by atoms with Crippen molar-refractivity contribution in [3.05, 3.63) is 70.2 Å². The first kappa shape index (κ1) is 17.2. The molecule has 0 atom stereocenters. The van der Waals surface area contributed by atoms with Crippen molar-refractivity contribution in [3.63, 3.8) is 0 Å². The number of hydrogen-bond donors (Lipinski definition) is 1. The lowest BCUT2D eigenvalue weighted by Crippen LogP contribution is -2.38. The molecule has 3 heteroatoms. The van der Waals surface area contributed by atoms with Gasteiger partial charge in [0.2, 0.25) is 0 Å². The predicted octanol–water partition coefficient (Wildman–Crippen LogP) is 4.44. The highest BCUT2D eigenvalue weighted by Crippen LogP contribution is 2.20. The number of halogens is 1. The van der Waals surface area contributed by atoms with Crippen molar-refractivity contribution in [2.45, 2.75) is 26.9 Å². The molecule has 118 valence electrons. The van der Waals surface area contributed by atoms with Gasteiger partial charge < -0.3 is 5.73 Å². The van der Waals surface area contributed by atoms with E-state index in [9.17, 15) is 0 Å². The minimum atomic E-state index is 0.112. The lowest BCUT2D eigenvalue weighted by atomic mass is 9.92. The van der Waals surface area contributed by atoms with Crippen molar-refractivity contribution in [3.8, 4) is 0 Å². The molecule has 0 saturated heterocycles. The highest BCUT2D eigenvalue weighted by atomic mass is 79.9. The Hall–Kier alpha value is -1.16. The third-order valence-electron chi connectivity index (χ3n) is 3.75. The third-order valence-corrected chi connectivity index (χ3v) is 4.24. The Bertz CT molecular complexity index is 581. The van der Waals surface area contributed by atoms with Crippen molar-refractivity contribution >= 4 is 15.9 Å². The summed E-state index contributed by atoms with van der Waals surface area (Å²) in [5.74, 6) is 0. The summed E-state index contributed by atoms with van der Waals surface area (Å²) in [6.07, 6.45) is 0. The maximum Gasteiger partial charge on any atom is 0.0237 e. The molecule has 2 nitrogen and oxygen atoms in total. The average molecular weight is 361 g/mol. The Kier molecular flexibility index (Phi) is 6.18. The maximum atomic E-state index is 5.93. The zero-order valence-electron chi connectivity index (χ0n) is 13.4. The molecule has 0 bridgehead atoms. The highest BCUT2D eigenvalue weighted by molar-refractivity contribution is 9.10. The summed E-state index contributed by atoms with van der Waals surface area (Å²) < 4.78 is 1.13. The fraction of sp³-hybridized carbons (Fsp3) is 0.368. The van der Waals surface area contributed by atoms with Gasteiger partial charge in [0.1, 0.15) is 0 Å². The zero-order chi connectivity index (χ0) is 16.0. The van der Waals surface area contributed by atoms with Crippen LogP contribution in [-0.4, -0.2) is 18.0 Å². The summed E-state index contributed by atoms with van der Waals surface area (Å²) in [5.41, 5.74) is 8.70. The van der Waals surface area contributed by atoms with E-state index in [1.165, 1.54) is 11.1 Å². The first-order valence-electron chi connectivity index (χ1n) is 7.69. The van der Waals surface area contributed by atoms with Crippen LogP contribution in [0, 0.1) is 5.41 Å². The molecule has 22 heavy (non-hydrogen) atoms. The van der Waals surface area contributed by atoms with Crippen LogP contribution in [-0.2, 0) is 13.1 Å². The Morgan fingerprint density at radius 1 is 0.955 bits per heavy atom. The van der Waals surface area contributed by atoms with Crippen molar-refractivity contribution in [2.75, 3.05) is 13.1 Å². The monoisotopic (exact) mass is 360 g/mol. The number of nitrogens with two attached hydrogens (primary N) is 1. The van der Waals surface area contributed by atoms with Gasteiger partial charge in [0.15, 0.2) is 0 Å². The molecule has 2 rings (SSSR count). The molecule has 0 fully saturated rings. The Morgan fingerprint density at radius 3 is 2.23 bits per heavy atom. The summed E-state index contributed by atoms with van der Waals surface area (Å²) in [5, 5.41) is 0. The zero-order valence-corrected chi connectivity index (χ0v) is 15.0. The largest absolute Gasteiger partial charge is 0.330 e. The molecule has 2 aromatic rings. The van der Waals surface area contributed by atoms with Gasteiger partial charge in [-0.3, -0.25) is 4.90 Å². The van der Waals surface area contributed by atoms with Gasteiger partial charge in [0.25, 0.3) is 0 Å². The van der Waals surface area contributed by atoms with Crippen LogP contribution in [0.2, 0.25) is 0 Å². The molecule has 0 aromatic heterocycles. The van der Waals surface area contributed by atoms with Crippen LogP contribution in [0.5, 0.6) is 0 Å². The van der Waals surface area contributed by atoms with Crippen LogP contribution in [0.4, 0.5) is 0 Å². The van der Waals surface area contributed by atoms with Gasteiger partial charge >= 0.3 is 0 Å². The standard InChI is InChI=1S/C19H25BrN2/c1-19(2,14-21)15-22(12-16-7-4-3-5-8-16)13-17-9-6-10-18(20)11-17/h3-11H,12-15,21H2,1-2H3. The quantitative estimate of drug-likeness (QED) is 0.790. The van der Waals surface area contributed by atoms with Crippen molar-refractivity contribution in [2.24, 2.45) is 11.1 Å². The maximum absolute atomic E-state index is 5.93. The molecule has 2 aromatic carbocycles. The molecule has 0 saturated carbocycles. The Balaban J connectivity index is 2.14. The van der Waals surface area contributed by atoms with Crippen molar-refractivity contribution in [1.82, 2.24) is 4.90 Å². The molecule has 0 amide bonds. The van der Waals surface area contributed by atoms with E-state index in [1.54, 1.807) is 0 Å². The summed E-state index contributed by atoms with van der Waals surface area (Å²) >= 11 is 3.56. The van der Waals surface area contributed by atoms with Crippen LogP contribution in [0.25, 0.3) is 0 Å². The minimum Gasteiger partial charge on any atom is -0.330 e. The van der Waals surface area contributed by atoms with Crippen molar-refractivity contribution in [1.29, 1.82) is 0 Å². The van der Waals surface area contributed by atoms with Crippen molar-refractivity contribution < 1.29 is 0 Å². The van der Waals surface area contributed by atoms with E-state index in [2.05, 4.69) is 89.3 Å². The van der Waals surface area contributed by atoms with Gasteiger partial charge in [-0.25, -0.2) is 0 Å². The number of benzene rings is 2. The summed E-state index contributed by atoms with van der Waals surface area (Å²) in [6, 6.07) is 19.1. The number of nitrogens with zero attached hydrogens (tertiary/aromatic N) is 1. The molecule has 2 N–H and O–H groups in total. The molecule has 0 aliphatic carbocycles. The Labute approximate surface area is 142 Å². The molecule has 0 spiro atoms. The van der Waals surface area contributed by atoms with E-state index in [4.69, 9.17) is 5.73 Å². The lowest BCUT2D eigenvalue weighted by molar-refractivity contribution is 0.168. The fourth-order valence-corrected chi connectivity index (χ4v) is 3.02. The van der Waals surface area contributed by atoms with Gasteiger partial charge in [0.05, 0.1) is 0 Å². The second kappa shape index (κ2) is 7.91. The average Bonchev–Trinajstić information content (AvgIpc) is 2.48.